The molecule has 28 heavy (non-hydrogen) atoms. The van der Waals surface area contributed by atoms with Crippen LogP contribution in [0, 0.1) is 0 Å². The molecule has 0 aliphatic heterocycles. The van der Waals surface area contributed by atoms with Crippen molar-refractivity contribution in [1.29, 1.82) is 0 Å². The Bertz CT molecular complexity index is 1140. The first-order valence-corrected chi connectivity index (χ1v) is 9.00. The van der Waals surface area contributed by atoms with Gasteiger partial charge in [-0.15, -0.1) is 10.2 Å². The Balaban J connectivity index is 1.61. The highest BCUT2D eigenvalue weighted by atomic mass is 16.1. The molecule has 0 amide bonds. The number of benzene rings is 2. The molecule has 0 aliphatic carbocycles. The van der Waals surface area contributed by atoms with E-state index >= 15 is 0 Å². The van der Waals surface area contributed by atoms with E-state index in [9.17, 15) is 4.79 Å². The molecule has 8 nitrogen and oxygen atoms in total. The quantitative estimate of drug-likeness (QED) is 0.541. The summed E-state index contributed by atoms with van der Waals surface area (Å²) in [7, 11) is 0. The number of tetrazole rings is 1. The topological polar surface area (TPSA) is 105 Å². The third kappa shape index (κ3) is 3.66. The predicted molar refractivity (Wildman–Crippen MR) is 106 cm³/mol. The number of H-pyrrole nitrogens is 2. The second-order valence-corrected chi connectivity index (χ2v) is 6.26. The Kier molecular flexibility index (Phi) is 4.92. The fourth-order valence-electron chi connectivity index (χ4n) is 3.01. The maximum atomic E-state index is 11.6. The lowest BCUT2D eigenvalue weighted by Gasteiger charge is -2.09. The molecular formula is C20H19N7O. The molecule has 2 aromatic heterocycles. The Labute approximate surface area is 160 Å². The number of nitrogens with zero attached hydrogens (tertiary/aromatic N) is 5. The fourth-order valence-corrected chi connectivity index (χ4v) is 3.01. The van der Waals surface area contributed by atoms with Gasteiger partial charge in [-0.05, 0) is 34.4 Å². The Morgan fingerprint density at radius 3 is 2.57 bits per heavy atom. The van der Waals surface area contributed by atoms with Gasteiger partial charge < -0.3 is 0 Å². The van der Waals surface area contributed by atoms with Gasteiger partial charge in [0.1, 0.15) is 0 Å². The molecule has 0 saturated carbocycles. The largest absolute Gasteiger partial charge is 0.361 e. The van der Waals surface area contributed by atoms with Crippen LogP contribution >= 0.6 is 0 Å². The number of rotatable bonds is 6. The van der Waals surface area contributed by atoms with E-state index in [1.165, 1.54) is 0 Å². The van der Waals surface area contributed by atoms with E-state index in [2.05, 4.69) is 30.7 Å². The van der Waals surface area contributed by atoms with Crippen LogP contribution in [-0.4, -0.2) is 35.4 Å². The van der Waals surface area contributed by atoms with Crippen LogP contribution in [0.3, 0.4) is 0 Å². The minimum Gasteiger partial charge on any atom is -0.262 e. The maximum absolute atomic E-state index is 11.6. The average molecular weight is 373 g/mol. The van der Waals surface area contributed by atoms with E-state index in [0.29, 0.717) is 18.2 Å². The summed E-state index contributed by atoms with van der Waals surface area (Å²) in [5.41, 5.74) is 3.70. The second kappa shape index (κ2) is 7.83. The summed E-state index contributed by atoms with van der Waals surface area (Å²) in [6, 6.07) is 16.1. The molecule has 0 spiro atoms. The van der Waals surface area contributed by atoms with Crippen molar-refractivity contribution in [3.63, 3.8) is 0 Å². The molecule has 2 heterocycles. The molecule has 0 radical (unpaired) electrons. The lowest BCUT2D eigenvalue weighted by molar-refractivity contribution is 0.671. The Morgan fingerprint density at radius 2 is 1.86 bits per heavy atom. The summed E-state index contributed by atoms with van der Waals surface area (Å²) in [5, 5.41) is 17.1. The smallest absolute Gasteiger partial charge is 0.262 e. The second-order valence-electron chi connectivity index (χ2n) is 6.26. The molecule has 0 saturated heterocycles. The highest BCUT2D eigenvalue weighted by Gasteiger charge is 2.11. The van der Waals surface area contributed by atoms with Gasteiger partial charge in [0.05, 0.1) is 6.54 Å². The van der Waals surface area contributed by atoms with E-state index in [-0.39, 0.29) is 5.69 Å². The van der Waals surface area contributed by atoms with Crippen LogP contribution in [0.1, 0.15) is 24.7 Å². The summed E-state index contributed by atoms with van der Waals surface area (Å²) >= 11 is 0. The monoisotopic (exact) mass is 373 g/mol. The number of aromatic amines is 2. The third-order valence-electron chi connectivity index (χ3n) is 4.34. The molecule has 140 valence electrons. The first-order chi connectivity index (χ1) is 13.7. The van der Waals surface area contributed by atoms with E-state index in [0.717, 1.165) is 28.7 Å². The summed E-state index contributed by atoms with van der Waals surface area (Å²) < 4.78 is 1.75. The van der Waals surface area contributed by atoms with Gasteiger partial charge in [0.2, 0.25) is 5.82 Å². The zero-order valence-electron chi connectivity index (χ0n) is 15.3. The fraction of sp³-hybridized carbons (Fsp3) is 0.150. The van der Waals surface area contributed by atoms with E-state index in [4.69, 9.17) is 0 Å². The highest BCUT2D eigenvalue weighted by molar-refractivity contribution is 5.80. The summed E-state index contributed by atoms with van der Waals surface area (Å²) in [6.45, 7) is 2.57. The van der Waals surface area contributed by atoms with Gasteiger partial charge in [0.15, 0.2) is 5.82 Å². The molecule has 2 N–H and O–H groups in total. The van der Waals surface area contributed by atoms with Gasteiger partial charge in [-0.25, -0.2) is 9.89 Å². The molecule has 0 bridgehead atoms. The van der Waals surface area contributed by atoms with Crippen LogP contribution < -0.4 is 5.69 Å². The first-order valence-electron chi connectivity index (χ1n) is 9.00. The minimum absolute atomic E-state index is 0.346. The molecule has 4 aromatic rings. The van der Waals surface area contributed by atoms with Crippen LogP contribution in [0.5, 0.6) is 0 Å². The van der Waals surface area contributed by atoms with Gasteiger partial charge >= 0.3 is 5.69 Å². The van der Waals surface area contributed by atoms with Crippen molar-refractivity contribution in [3.05, 3.63) is 76.5 Å². The molecule has 0 aliphatic rings. The van der Waals surface area contributed by atoms with Crippen LogP contribution in [0.4, 0.5) is 0 Å². The number of aromatic nitrogens is 7. The minimum atomic E-state index is -0.346. The van der Waals surface area contributed by atoms with Crippen molar-refractivity contribution in [2.45, 2.75) is 19.9 Å². The van der Waals surface area contributed by atoms with Crippen molar-refractivity contribution < 1.29 is 0 Å². The maximum Gasteiger partial charge on any atom is 0.361 e. The van der Waals surface area contributed by atoms with Crippen LogP contribution in [0.2, 0.25) is 0 Å². The zero-order valence-corrected chi connectivity index (χ0v) is 15.3. The molecule has 4 rings (SSSR count). The predicted octanol–water partition coefficient (Wildman–Crippen LogP) is 2.89. The van der Waals surface area contributed by atoms with Gasteiger partial charge in [-0.1, -0.05) is 61.5 Å². The van der Waals surface area contributed by atoms with Gasteiger partial charge in [-0.3, -0.25) is 4.68 Å². The SMILES string of the molecule is CC/C=C/c1nc(=O)[nH]n1Cc1ccc(-c2ccccc2-c2nn[nH]n2)cc1. The average Bonchev–Trinajstić information content (AvgIpc) is 3.37. The molecule has 0 unspecified atom stereocenters. The highest BCUT2D eigenvalue weighted by Crippen LogP contribution is 2.29. The van der Waals surface area contributed by atoms with Crippen molar-refractivity contribution >= 4 is 6.08 Å². The van der Waals surface area contributed by atoms with Crippen molar-refractivity contribution in [2.24, 2.45) is 0 Å². The molecule has 0 atom stereocenters. The van der Waals surface area contributed by atoms with Gasteiger partial charge in [0.25, 0.3) is 0 Å². The number of allylic oxidation sites excluding steroid dienone is 1. The van der Waals surface area contributed by atoms with Gasteiger partial charge in [0, 0.05) is 5.56 Å². The lowest BCUT2D eigenvalue weighted by atomic mass is 9.98. The third-order valence-corrected chi connectivity index (χ3v) is 4.34. The first kappa shape index (κ1) is 17.6. The standard InChI is InChI=1S/C20H19N7O/c1-2-3-8-18-21-20(28)24-27(18)13-14-9-11-15(12-10-14)16-6-4-5-7-17(16)19-22-25-26-23-19/h3-12H,2,13H2,1H3,(H,24,28)(H,22,23,25,26)/b8-3+. The van der Waals surface area contributed by atoms with Crippen LogP contribution in [0.15, 0.2) is 59.4 Å². The molecule has 2 aromatic carbocycles. The van der Waals surface area contributed by atoms with Crippen molar-refractivity contribution in [2.75, 3.05) is 0 Å². The van der Waals surface area contributed by atoms with Crippen LogP contribution in [-0.2, 0) is 6.54 Å². The normalized spacial score (nSPS) is 11.3. The molecular weight excluding hydrogens is 354 g/mol. The van der Waals surface area contributed by atoms with Crippen molar-refractivity contribution in [1.82, 2.24) is 35.4 Å². The van der Waals surface area contributed by atoms with E-state index in [1.54, 1.807) is 4.68 Å². The number of nitrogens with one attached hydrogen (secondary N) is 2. The Morgan fingerprint density at radius 1 is 1.07 bits per heavy atom. The van der Waals surface area contributed by atoms with E-state index < -0.39 is 0 Å². The Hall–Kier alpha value is -3.81. The lowest BCUT2D eigenvalue weighted by Crippen LogP contribution is -2.08. The zero-order chi connectivity index (χ0) is 19.3. The molecule has 0 fully saturated rings. The number of hydrogen-bond donors (Lipinski definition) is 2. The number of hydrogen-bond acceptors (Lipinski definition) is 5. The summed E-state index contributed by atoms with van der Waals surface area (Å²) in [4.78, 5) is 15.6. The van der Waals surface area contributed by atoms with E-state index in [1.807, 2.05) is 67.6 Å². The summed E-state index contributed by atoms with van der Waals surface area (Å²) in [5.74, 6) is 1.18. The van der Waals surface area contributed by atoms with Gasteiger partial charge in [-0.2, -0.15) is 10.2 Å². The van der Waals surface area contributed by atoms with Crippen LogP contribution in [0.25, 0.3) is 28.6 Å². The van der Waals surface area contributed by atoms with Crippen molar-refractivity contribution in [3.8, 4) is 22.5 Å². The summed E-state index contributed by atoms with van der Waals surface area (Å²) in [6.07, 6.45) is 4.72. The molecule has 8 heteroatoms.